The van der Waals surface area contributed by atoms with Crippen LogP contribution in [-0.2, 0) is 6.54 Å². The third-order valence-electron chi connectivity index (χ3n) is 3.30. The molecule has 0 heterocycles. The molecule has 0 aromatic heterocycles. The maximum atomic E-state index is 13.5. The molecule has 0 saturated carbocycles. The number of carbonyl (C=O) groups excluding carboxylic acids is 1. The van der Waals surface area contributed by atoms with Gasteiger partial charge in [0.05, 0.1) is 5.56 Å². The van der Waals surface area contributed by atoms with Crippen LogP contribution in [0.5, 0.6) is 5.75 Å². The van der Waals surface area contributed by atoms with Gasteiger partial charge in [-0.15, -0.1) is 0 Å². The standard InChI is InChI=1S/C18H21FN2O2/c1-21(2)11-12-23-15-9-7-14(8-10-15)13-20-18(22)16-5-3-4-6-17(16)19/h3-10H,11-13H2,1-2H3,(H,20,22). The highest BCUT2D eigenvalue weighted by Crippen LogP contribution is 2.12. The van der Waals surface area contributed by atoms with E-state index in [4.69, 9.17) is 4.74 Å². The van der Waals surface area contributed by atoms with E-state index >= 15 is 0 Å². The van der Waals surface area contributed by atoms with Gasteiger partial charge in [0.15, 0.2) is 0 Å². The van der Waals surface area contributed by atoms with E-state index in [1.54, 1.807) is 12.1 Å². The van der Waals surface area contributed by atoms with Crippen LogP contribution in [0.2, 0.25) is 0 Å². The van der Waals surface area contributed by atoms with Crippen LogP contribution in [0.15, 0.2) is 48.5 Å². The maximum absolute atomic E-state index is 13.5. The average molecular weight is 316 g/mol. The van der Waals surface area contributed by atoms with Crippen LogP contribution in [0, 0.1) is 5.82 Å². The molecule has 23 heavy (non-hydrogen) atoms. The highest BCUT2D eigenvalue weighted by Gasteiger charge is 2.10. The van der Waals surface area contributed by atoms with Crippen LogP contribution >= 0.6 is 0 Å². The molecule has 5 heteroatoms. The number of ether oxygens (including phenoxy) is 1. The van der Waals surface area contributed by atoms with E-state index in [9.17, 15) is 9.18 Å². The predicted molar refractivity (Wildman–Crippen MR) is 88.1 cm³/mol. The minimum absolute atomic E-state index is 0.0520. The van der Waals surface area contributed by atoms with Crippen molar-refractivity contribution in [2.24, 2.45) is 0 Å². The van der Waals surface area contributed by atoms with Crippen LogP contribution in [-0.4, -0.2) is 38.1 Å². The molecule has 0 saturated heterocycles. The summed E-state index contributed by atoms with van der Waals surface area (Å²) < 4.78 is 19.1. The predicted octanol–water partition coefficient (Wildman–Crippen LogP) is 2.70. The number of halogens is 1. The van der Waals surface area contributed by atoms with Crippen molar-refractivity contribution in [2.45, 2.75) is 6.54 Å². The molecule has 0 aliphatic heterocycles. The van der Waals surface area contributed by atoms with Crippen LogP contribution in [0.4, 0.5) is 4.39 Å². The van der Waals surface area contributed by atoms with E-state index in [1.165, 1.54) is 12.1 Å². The minimum Gasteiger partial charge on any atom is -0.492 e. The average Bonchev–Trinajstić information content (AvgIpc) is 2.54. The summed E-state index contributed by atoms with van der Waals surface area (Å²) >= 11 is 0. The molecule has 2 rings (SSSR count). The van der Waals surface area contributed by atoms with Crippen LogP contribution in [0.3, 0.4) is 0 Å². The molecule has 0 unspecified atom stereocenters. The molecular formula is C18H21FN2O2. The van der Waals surface area contributed by atoms with Crippen molar-refractivity contribution in [1.29, 1.82) is 0 Å². The number of nitrogens with zero attached hydrogens (tertiary/aromatic N) is 1. The topological polar surface area (TPSA) is 41.6 Å². The first-order valence-corrected chi connectivity index (χ1v) is 7.45. The summed E-state index contributed by atoms with van der Waals surface area (Å²) in [5, 5.41) is 2.71. The molecule has 0 radical (unpaired) electrons. The number of benzene rings is 2. The van der Waals surface area contributed by atoms with E-state index in [2.05, 4.69) is 5.32 Å². The Labute approximate surface area is 135 Å². The van der Waals surface area contributed by atoms with Gasteiger partial charge >= 0.3 is 0 Å². The largest absolute Gasteiger partial charge is 0.492 e. The summed E-state index contributed by atoms with van der Waals surface area (Å²) in [7, 11) is 3.98. The Bertz CT molecular complexity index is 642. The van der Waals surface area contributed by atoms with Gasteiger partial charge in [-0.25, -0.2) is 4.39 Å². The Hall–Kier alpha value is -2.40. The zero-order valence-corrected chi connectivity index (χ0v) is 13.4. The summed E-state index contributed by atoms with van der Waals surface area (Å²) in [4.78, 5) is 14.0. The van der Waals surface area contributed by atoms with Gasteiger partial charge in [-0.3, -0.25) is 4.79 Å². The molecule has 0 bridgehead atoms. The van der Waals surface area contributed by atoms with Crippen LogP contribution < -0.4 is 10.1 Å². The van der Waals surface area contributed by atoms with E-state index < -0.39 is 11.7 Å². The second-order valence-corrected chi connectivity index (χ2v) is 5.46. The molecule has 122 valence electrons. The lowest BCUT2D eigenvalue weighted by atomic mass is 10.2. The van der Waals surface area contributed by atoms with Crippen molar-refractivity contribution >= 4 is 5.91 Å². The van der Waals surface area contributed by atoms with Crippen molar-refractivity contribution in [3.8, 4) is 5.75 Å². The number of nitrogens with one attached hydrogen (secondary N) is 1. The normalized spacial score (nSPS) is 10.6. The zero-order chi connectivity index (χ0) is 16.7. The highest BCUT2D eigenvalue weighted by molar-refractivity contribution is 5.94. The van der Waals surface area contributed by atoms with Gasteiger partial charge in [0.2, 0.25) is 0 Å². The molecule has 0 aliphatic rings. The third kappa shape index (κ3) is 5.38. The first-order chi connectivity index (χ1) is 11.1. The number of hydrogen-bond donors (Lipinski definition) is 1. The quantitative estimate of drug-likeness (QED) is 0.854. The van der Waals surface area contributed by atoms with Gasteiger partial charge in [0.1, 0.15) is 18.2 Å². The molecule has 1 N–H and O–H groups in total. The highest BCUT2D eigenvalue weighted by atomic mass is 19.1. The summed E-state index contributed by atoms with van der Waals surface area (Å²) in [5.41, 5.74) is 0.978. The molecule has 1 amide bonds. The lowest BCUT2D eigenvalue weighted by molar-refractivity contribution is 0.0947. The summed E-state index contributed by atoms with van der Waals surface area (Å²) in [6.45, 7) is 1.81. The first-order valence-electron chi connectivity index (χ1n) is 7.45. The van der Waals surface area contributed by atoms with E-state index in [-0.39, 0.29) is 5.56 Å². The minimum atomic E-state index is -0.519. The maximum Gasteiger partial charge on any atom is 0.254 e. The Morgan fingerprint density at radius 2 is 1.83 bits per heavy atom. The Morgan fingerprint density at radius 3 is 2.48 bits per heavy atom. The van der Waals surface area contributed by atoms with Crippen molar-refractivity contribution in [1.82, 2.24) is 10.2 Å². The van der Waals surface area contributed by atoms with Gasteiger partial charge < -0.3 is 15.0 Å². The van der Waals surface area contributed by atoms with E-state index in [0.29, 0.717) is 13.2 Å². The van der Waals surface area contributed by atoms with E-state index in [0.717, 1.165) is 17.9 Å². The molecule has 0 spiro atoms. The molecule has 0 aliphatic carbocycles. The summed E-state index contributed by atoms with van der Waals surface area (Å²) in [6.07, 6.45) is 0. The van der Waals surface area contributed by atoms with Gasteiger partial charge in [-0.1, -0.05) is 24.3 Å². The van der Waals surface area contributed by atoms with Crippen molar-refractivity contribution in [3.63, 3.8) is 0 Å². The fraction of sp³-hybridized carbons (Fsp3) is 0.278. The smallest absolute Gasteiger partial charge is 0.254 e. The number of carbonyl (C=O) groups is 1. The summed E-state index contributed by atoms with van der Waals surface area (Å²) in [6, 6.07) is 13.4. The second kappa shape index (κ2) is 8.29. The zero-order valence-electron chi connectivity index (χ0n) is 13.4. The molecule has 4 nitrogen and oxygen atoms in total. The Balaban J connectivity index is 1.84. The third-order valence-corrected chi connectivity index (χ3v) is 3.30. The van der Waals surface area contributed by atoms with Gasteiger partial charge in [0.25, 0.3) is 5.91 Å². The number of hydrogen-bond acceptors (Lipinski definition) is 3. The van der Waals surface area contributed by atoms with Gasteiger partial charge in [-0.2, -0.15) is 0 Å². The van der Waals surface area contributed by atoms with E-state index in [1.807, 2.05) is 43.3 Å². The fourth-order valence-corrected chi connectivity index (χ4v) is 1.97. The van der Waals surface area contributed by atoms with Gasteiger partial charge in [0, 0.05) is 13.1 Å². The molecule has 0 fully saturated rings. The monoisotopic (exact) mass is 316 g/mol. The summed E-state index contributed by atoms with van der Waals surface area (Å²) in [5.74, 6) is -0.153. The second-order valence-electron chi connectivity index (χ2n) is 5.46. The number of rotatable bonds is 7. The number of amides is 1. The van der Waals surface area contributed by atoms with Crippen molar-refractivity contribution in [2.75, 3.05) is 27.2 Å². The number of likely N-dealkylation sites (N-methyl/N-ethyl adjacent to an activating group) is 1. The van der Waals surface area contributed by atoms with Crippen LogP contribution in [0.1, 0.15) is 15.9 Å². The molecule has 2 aromatic carbocycles. The molecular weight excluding hydrogens is 295 g/mol. The molecule has 0 atom stereocenters. The SMILES string of the molecule is CN(C)CCOc1ccc(CNC(=O)c2ccccc2F)cc1. The Morgan fingerprint density at radius 1 is 1.13 bits per heavy atom. The van der Waals surface area contributed by atoms with Crippen LogP contribution in [0.25, 0.3) is 0 Å². The molecule has 2 aromatic rings. The fourth-order valence-electron chi connectivity index (χ4n) is 1.97. The lowest BCUT2D eigenvalue weighted by Crippen LogP contribution is -2.23. The lowest BCUT2D eigenvalue weighted by Gasteiger charge is -2.11. The first kappa shape index (κ1) is 17.0. The Kier molecular flexibility index (Phi) is 6.11. The van der Waals surface area contributed by atoms with Gasteiger partial charge in [-0.05, 0) is 43.9 Å². The van der Waals surface area contributed by atoms with Crippen molar-refractivity contribution in [3.05, 3.63) is 65.5 Å². The van der Waals surface area contributed by atoms with Crippen molar-refractivity contribution < 1.29 is 13.9 Å².